The molecule has 0 aliphatic heterocycles. The van der Waals surface area contributed by atoms with Gasteiger partial charge >= 0.3 is 5.97 Å². The lowest BCUT2D eigenvalue weighted by atomic mass is 10.1. The largest absolute Gasteiger partial charge is 0.466 e. The summed E-state index contributed by atoms with van der Waals surface area (Å²) in [6, 6.07) is 9.55. The smallest absolute Gasteiger partial charge is 0.330 e. The molecule has 1 unspecified atom stereocenters. The minimum atomic E-state index is -0.633. The minimum absolute atomic E-state index is 0.357. The molecular formula is C16H18O3. The van der Waals surface area contributed by atoms with Gasteiger partial charge in [-0.2, -0.15) is 0 Å². The highest BCUT2D eigenvalue weighted by molar-refractivity contribution is 5.81. The van der Waals surface area contributed by atoms with Gasteiger partial charge in [-0.3, -0.25) is 0 Å². The monoisotopic (exact) mass is 258 g/mol. The lowest BCUT2D eigenvalue weighted by molar-refractivity contribution is -0.134. The molecule has 0 spiro atoms. The van der Waals surface area contributed by atoms with Crippen molar-refractivity contribution in [2.45, 2.75) is 25.4 Å². The topological polar surface area (TPSA) is 46.5 Å². The fourth-order valence-corrected chi connectivity index (χ4v) is 1.44. The molecule has 19 heavy (non-hydrogen) atoms. The van der Waals surface area contributed by atoms with E-state index in [0.29, 0.717) is 6.42 Å². The Kier molecular flexibility index (Phi) is 7.08. The van der Waals surface area contributed by atoms with E-state index < -0.39 is 6.10 Å². The van der Waals surface area contributed by atoms with Gasteiger partial charge < -0.3 is 9.84 Å². The molecular weight excluding hydrogens is 240 g/mol. The van der Waals surface area contributed by atoms with E-state index in [1.807, 2.05) is 30.3 Å². The standard InChI is InChI=1S/C16H18O3/c1-19-16(18)11-7-3-6-10-15(17)13-12-14-8-4-2-5-9-14/h2,4-5,7-9,11,15,17H,3,6,10H2,1H3/b11-7+. The second kappa shape index (κ2) is 8.96. The van der Waals surface area contributed by atoms with E-state index in [0.717, 1.165) is 18.4 Å². The van der Waals surface area contributed by atoms with Gasteiger partial charge in [0.15, 0.2) is 0 Å². The molecule has 1 rings (SSSR count). The van der Waals surface area contributed by atoms with Crippen LogP contribution in [0.5, 0.6) is 0 Å². The number of carbonyl (C=O) groups excluding carboxylic acids is 1. The van der Waals surface area contributed by atoms with Gasteiger partial charge in [0.05, 0.1) is 7.11 Å². The Labute approximate surface area is 113 Å². The Hall–Kier alpha value is -2.05. The number of methoxy groups -OCH3 is 1. The first-order valence-electron chi connectivity index (χ1n) is 6.21. The van der Waals surface area contributed by atoms with Crippen molar-refractivity contribution in [1.82, 2.24) is 0 Å². The third-order valence-electron chi connectivity index (χ3n) is 2.46. The molecule has 0 aromatic heterocycles. The number of ether oxygens (including phenoxy) is 1. The van der Waals surface area contributed by atoms with Crippen LogP contribution in [0.4, 0.5) is 0 Å². The van der Waals surface area contributed by atoms with E-state index in [9.17, 15) is 9.90 Å². The third kappa shape index (κ3) is 7.07. The zero-order chi connectivity index (χ0) is 13.9. The molecule has 0 saturated carbocycles. The fraction of sp³-hybridized carbons (Fsp3) is 0.312. The first-order valence-corrected chi connectivity index (χ1v) is 6.21. The van der Waals surface area contributed by atoms with Crippen LogP contribution < -0.4 is 0 Å². The molecule has 3 heteroatoms. The zero-order valence-corrected chi connectivity index (χ0v) is 11.0. The number of allylic oxidation sites excluding steroid dienone is 1. The number of hydrogen-bond donors (Lipinski definition) is 1. The maximum atomic E-state index is 10.8. The molecule has 0 radical (unpaired) electrons. The number of esters is 1. The van der Waals surface area contributed by atoms with E-state index >= 15 is 0 Å². The van der Waals surface area contributed by atoms with Crippen LogP contribution in [0.1, 0.15) is 24.8 Å². The molecule has 1 aromatic rings. The maximum absolute atomic E-state index is 10.8. The Bertz CT molecular complexity index is 466. The highest BCUT2D eigenvalue weighted by atomic mass is 16.5. The number of unbranched alkanes of at least 4 members (excludes halogenated alkanes) is 1. The highest BCUT2D eigenvalue weighted by Gasteiger charge is 1.98. The lowest BCUT2D eigenvalue weighted by Crippen LogP contribution is -2.02. The van der Waals surface area contributed by atoms with E-state index in [-0.39, 0.29) is 5.97 Å². The molecule has 0 aliphatic rings. The van der Waals surface area contributed by atoms with Gasteiger partial charge in [-0.15, -0.1) is 0 Å². The second-order valence-electron chi connectivity index (χ2n) is 4.01. The van der Waals surface area contributed by atoms with Crippen molar-refractivity contribution in [1.29, 1.82) is 0 Å². The average molecular weight is 258 g/mol. The SMILES string of the molecule is COC(=O)/C=C/CCCC(O)C#Cc1ccccc1. The molecule has 1 N–H and O–H groups in total. The molecule has 0 bridgehead atoms. The van der Waals surface area contributed by atoms with Crippen LogP contribution in [-0.2, 0) is 9.53 Å². The molecule has 100 valence electrons. The Balaban J connectivity index is 2.25. The van der Waals surface area contributed by atoms with E-state index in [1.54, 1.807) is 6.08 Å². The van der Waals surface area contributed by atoms with Crippen LogP contribution >= 0.6 is 0 Å². The Morgan fingerprint density at radius 3 is 2.84 bits per heavy atom. The molecule has 0 aliphatic carbocycles. The van der Waals surface area contributed by atoms with Gasteiger partial charge in [-0.1, -0.05) is 36.1 Å². The van der Waals surface area contributed by atoms with Crippen molar-refractivity contribution in [3.05, 3.63) is 48.0 Å². The van der Waals surface area contributed by atoms with Gasteiger partial charge in [0.25, 0.3) is 0 Å². The lowest BCUT2D eigenvalue weighted by Gasteiger charge is -2.00. The van der Waals surface area contributed by atoms with Crippen molar-refractivity contribution in [2.24, 2.45) is 0 Å². The Morgan fingerprint density at radius 1 is 1.42 bits per heavy atom. The average Bonchev–Trinajstić information content (AvgIpc) is 2.45. The summed E-state index contributed by atoms with van der Waals surface area (Å²) >= 11 is 0. The minimum Gasteiger partial charge on any atom is -0.466 e. The fourth-order valence-electron chi connectivity index (χ4n) is 1.44. The van der Waals surface area contributed by atoms with Crippen molar-refractivity contribution >= 4 is 5.97 Å². The molecule has 1 atom stereocenters. The van der Waals surface area contributed by atoms with Gasteiger partial charge in [-0.05, 0) is 31.4 Å². The van der Waals surface area contributed by atoms with Gasteiger partial charge in [0, 0.05) is 11.6 Å². The normalized spacial score (nSPS) is 11.7. The zero-order valence-electron chi connectivity index (χ0n) is 11.0. The first-order chi connectivity index (χ1) is 9.22. The van der Waals surface area contributed by atoms with Gasteiger partial charge in [0.1, 0.15) is 6.10 Å². The van der Waals surface area contributed by atoms with Crippen LogP contribution in [0.25, 0.3) is 0 Å². The van der Waals surface area contributed by atoms with Crippen molar-refractivity contribution < 1.29 is 14.6 Å². The first kappa shape index (κ1) is 15.0. The molecule has 0 amide bonds. The van der Waals surface area contributed by atoms with E-state index in [2.05, 4.69) is 16.6 Å². The number of aliphatic hydroxyl groups excluding tert-OH is 1. The maximum Gasteiger partial charge on any atom is 0.330 e. The van der Waals surface area contributed by atoms with Crippen LogP contribution in [-0.4, -0.2) is 24.3 Å². The van der Waals surface area contributed by atoms with Crippen molar-refractivity contribution in [3.8, 4) is 11.8 Å². The number of rotatable bonds is 5. The highest BCUT2D eigenvalue weighted by Crippen LogP contribution is 2.02. The molecule has 0 fully saturated rings. The number of benzene rings is 1. The summed E-state index contributed by atoms with van der Waals surface area (Å²) in [6.45, 7) is 0. The second-order valence-corrected chi connectivity index (χ2v) is 4.01. The summed E-state index contributed by atoms with van der Waals surface area (Å²) in [6.07, 6.45) is 4.58. The van der Waals surface area contributed by atoms with Crippen LogP contribution in [0.15, 0.2) is 42.5 Å². The number of aliphatic hydroxyl groups is 1. The third-order valence-corrected chi connectivity index (χ3v) is 2.46. The predicted octanol–water partition coefficient (Wildman–Crippen LogP) is 2.30. The molecule has 0 saturated heterocycles. The van der Waals surface area contributed by atoms with E-state index in [1.165, 1.54) is 13.2 Å². The predicted molar refractivity (Wildman–Crippen MR) is 74.3 cm³/mol. The summed E-state index contributed by atoms with van der Waals surface area (Å²) in [4.78, 5) is 10.8. The van der Waals surface area contributed by atoms with Crippen LogP contribution in [0.2, 0.25) is 0 Å². The summed E-state index contributed by atoms with van der Waals surface area (Å²) in [5.74, 6) is 5.36. The molecule has 1 aromatic carbocycles. The van der Waals surface area contributed by atoms with E-state index in [4.69, 9.17) is 0 Å². The summed E-state index contributed by atoms with van der Waals surface area (Å²) < 4.78 is 4.47. The number of carbonyl (C=O) groups is 1. The Morgan fingerprint density at radius 2 is 2.16 bits per heavy atom. The molecule has 0 heterocycles. The molecule has 3 nitrogen and oxygen atoms in total. The summed E-state index contributed by atoms with van der Waals surface area (Å²) in [5, 5.41) is 9.68. The summed E-state index contributed by atoms with van der Waals surface area (Å²) in [5.41, 5.74) is 0.895. The quantitative estimate of drug-likeness (QED) is 0.381. The summed E-state index contributed by atoms with van der Waals surface area (Å²) in [7, 11) is 1.34. The van der Waals surface area contributed by atoms with Gasteiger partial charge in [-0.25, -0.2) is 4.79 Å². The van der Waals surface area contributed by atoms with Crippen LogP contribution in [0, 0.1) is 11.8 Å². The van der Waals surface area contributed by atoms with Crippen LogP contribution in [0.3, 0.4) is 0 Å². The van der Waals surface area contributed by atoms with Crippen molar-refractivity contribution in [3.63, 3.8) is 0 Å². The van der Waals surface area contributed by atoms with Crippen molar-refractivity contribution in [2.75, 3.05) is 7.11 Å². The van der Waals surface area contributed by atoms with Gasteiger partial charge in [0.2, 0.25) is 0 Å². The number of hydrogen-bond acceptors (Lipinski definition) is 3.